The van der Waals surface area contributed by atoms with Crippen LogP contribution in [-0.4, -0.2) is 24.8 Å². The van der Waals surface area contributed by atoms with E-state index in [9.17, 15) is 9.90 Å². The van der Waals surface area contributed by atoms with Crippen LogP contribution in [0.25, 0.3) is 0 Å². The number of rotatable bonds is 6. The highest BCUT2D eigenvalue weighted by molar-refractivity contribution is 7.07. The fourth-order valence-electron chi connectivity index (χ4n) is 1.87. The van der Waals surface area contributed by atoms with Crippen molar-refractivity contribution in [3.63, 3.8) is 0 Å². The van der Waals surface area contributed by atoms with Crippen LogP contribution in [0, 0.1) is 0 Å². The van der Waals surface area contributed by atoms with Crippen LogP contribution in [0.15, 0.2) is 35.0 Å². The molecule has 0 saturated heterocycles. The zero-order valence-corrected chi connectivity index (χ0v) is 13.6. The van der Waals surface area contributed by atoms with Gasteiger partial charge in [-0.05, 0) is 34.5 Å². The summed E-state index contributed by atoms with van der Waals surface area (Å²) in [5.41, 5.74) is 1.62. The van der Waals surface area contributed by atoms with Gasteiger partial charge in [0.2, 0.25) is 0 Å². The number of hydrogen-bond acceptors (Lipinski definition) is 4. The van der Waals surface area contributed by atoms with E-state index in [4.69, 9.17) is 16.3 Å². The molecular formula is C15H17ClN2O3S. The van der Waals surface area contributed by atoms with Crippen molar-refractivity contribution >= 4 is 29.0 Å². The maximum Gasteiger partial charge on any atom is 0.315 e. The molecule has 3 N–H and O–H groups in total. The summed E-state index contributed by atoms with van der Waals surface area (Å²) < 4.78 is 5.21. The molecule has 0 aliphatic carbocycles. The number of nitrogens with one attached hydrogen (secondary N) is 2. The van der Waals surface area contributed by atoms with Crippen molar-refractivity contribution in [2.24, 2.45) is 0 Å². The molecule has 118 valence electrons. The molecule has 1 unspecified atom stereocenters. The minimum Gasteiger partial charge on any atom is -0.496 e. The van der Waals surface area contributed by atoms with E-state index < -0.39 is 6.10 Å². The van der Waals surface area contributed by atoms with Crippen molar-refractivity contribution in [1.29, 1.82) is 0 Å². The second kappa shape index (κ2) is 8.03. The van der Waals surface area contributed by atoms with Crippen molar-refractivity contribution in [2.75, 3.05) is 13.7 Å². The summed E-state index contributed by atoms with van der Waals surface area (Å²) in [5.74, 6) is 0.617. The Labute approximate surface area is 137 Å². The van der Waals surface area contributed by atoms with Crippen LogP contribution in [0.5, 0.6) is 5.75 Å². The molecule has 2 amide bonds. The third-order valence-corrected chi connectivity index (χ3v) is 4.01. The number of urea groups is 1. The normalized spacial score (nSPS) is 11.8. The first kappa shape index (κ1) is 16.6. The van der Waals surface area contributed by atoms with Crippen molar-refractivity contribution < 1.29 is 14.6 Å². The zero-order valence-electron chi connectivity index (χ0n) is 12.0. The summed E-state index contributed by atoms with van der Waals surface area (Å²) in [4.78, 5) is 11.8. The lowest BCUT2D eigenvalue weighted by atomic mass is 10.2. The summed E-state index contributed by atoms with van der Waals surface area (Å²) in [6, 6.07) is 6.69. The minimum absolute atomic E-state index is 0.153. The molecule has 0 fully saturated rings. The Kier molecular flexibility index (Phi) is 6.06. The first-order chi connectivity index (χ1) is 10.6. The number of carbonyl (C=O) groups excluding carboxylic acids is 1. The second-order valence-electron chi connectivity index (χ2n) is 4.59. The predicted molar refractivity (Wildman–Crippen MR) is 87.5 cm³/mol. The molecule has 1 aromatic heterocycles. The Bertz CT molecular complexity index is 619. The van der Waals surface area contributed by atoms with Gasteiger partial charge >= 0.3 is 6.03 Å². The van der Waals surface area contributed by atoms with E-state index in [1.54, 1.807) is 25.3 Å². The predicted octanol–water partition coefficient (Wildman–Crippen LogP) is 2.94. The second-order valence-corrected chi connectivity index (χ2v) is 5.81. The van der Waals surface area contributed by atoms with Gasteiger partial charge in [-0.25, -0.2) is 4.79 Å². The molecular weight excluding hydrogens is 324 g/mol. The molecule has 7 heteroatoms. The van der Waals surface area contributed by atoms with Gasteiger partial charge in [-0.15, -0.1) is 0 Å². The summed E-state index contributed by atoms with van der Waals surface area (Å²) in [6.45, 7) is 0.459. The number of benzene rings is 1. The fraction of sp³-hybridized carbons (Fsp3) is 0.267. The molecule has 0 saturated carbocycles. The Hall–Kier alpha value is -1.76. The van der Waals surface area contributed by atoms with E-state index in [-0.39, 0.29) is 12.6 Å². The topological polar surface area (TPSA) is 70.6 Å². The van der Waals surface area contributed by atoms with Gasteiger partial charge in [-0.1, -0.05) is 17.7 Å². The molecule has 2 rings (SSSR count). The Morgan fingerprint density at radius 3 is 2.91 bits per heavy atom. The van der Waals surface area contributed by atoms with Crippen LogP contribution >= 0.6 is 22.9 Å². The molecule has 0 spiro atoms. The van der Waals surface area contributed by atoms with Gasteiger partial charge in [0.15, 0.2) is 0 Å². The largest absolute Gasteiger partial charge is 0.496 e. The van der Waals surface area contributed by atoms with Crippen LogP contribution < -0.4 is 15.4 Å². The standard InChI is InChI=1S/C15H17ClN2O3S/c1-21-14-6-12(16)3-2-10(14)7-17-15(20)18-8-13(19)11-4-5-22-9-11/h2-6,9,13,19H,7-8H2,1H3,(H2,17,18,20). The van der Waals surface area contributed by atoms with Gasteiger partial charge in [-0.3, -0.25) is 0 Å². The monoisotopic (exact) mass is 340 g/mol. The molecule has 2 aromatic rings. The zero-order chi connectivity index (χ0) is 15.9. The maximum absolute atomic E-state index is 11.8. The summed E-state index contributed by atoms with van der Waals surface area (Å²) in [6.07, 6.45) is -0.706. The Morgan fingerprint density at radius 1 is 1.41 bits per heavy atom. The van der Waals surface area contributed by atoms with Crippen LogP contribution in [0.3, 0.4) is 0 Å². The van der Waals surface area contributed by atoms with Crippen LogP contribution in [0.4, 0.5) is 4.79 Å². The van der Waals surface area contributed by atoms with Crippen LogP contribution in [-0.2, 0) is 6.54 Å². The molecule has 0 radical (unpaired) electrons. The Morgan fingerprint density at radius 2 is 2.23 bits per heavy atom. The van der Waals surface area contributed by atoms with Gasteiger partial charge in [0.25, 0.3) is 0 Å². The van der Waals surface area contributed by atoms with Crippen molar-refractivity contribution in [3.05, 3.63) is 51.2 Å². The lowest BCUT2D eigenvalue weighted by Crippen LogP contribution is -2.37. The highest BCUT2D eigenvalue weighted by Gasteiger charge is 2.10. The average Bonchev–Trinajstić information content (AvgIpc) is 3.05. The van der Waals surface area contributed by atoms with Gasteiger partial charge in [0.1, 0.15) is 5.75 Å². The molecule has 1 aromatic carbocycles. The molecule has 22 heavy (non-hydrogen) atoms. The number of aliphatic hydroxyl groups excluding tert-OH is 1. The van der Waals surface area contributed by atoms with Crippen molar-refractivity contribution in [2.45, 2.75) is 12.6 Å². The van der Waals surface area contributed by atoms with Crippen LogP contribution in [0.2, 0.25) is 5.02 Å². The summed E-state index contributed by atoms with van der Waals surface area (Å²) >= 11 is 7.39. The van der Waals surface area contributed by atoms with Gasteiger partial charge in [-0.2, -0.15) is 11.3 Å². The highest BCUT2D eigenvalue weighted by atomic mass is 35.5. The number of hydrogen-bond donors (Lipinski definition) is 3. The lowest BCUT2D eigenvalue weighted by Gasteiger charge is -2.13. The van der Waals surface area contributed by atoms with Crippen molar-refractivity contribution in [1.82, 2.24) is 10.6 Å². The molecule has 0 bridgehead atoms. The first-order valence-electron chi connectivity index (χ1n) is 6.64. The first-order valence-corrected chi connectivity index (χ1v) is 7.96. The third-order valence-electron chi connectivity index (χ3n) is 3.07. The maximum atomic E-state index is 11.8. The van der Waals surface area contributed by atoms with Crippen molar-refractivity contribution in [3.8, 4) is 5.75 Å². The molecule has 0 aliphatic heterocycles. The Balaban J connectivity index is 1.80. The third kappa shape index (κ3) is 4.62. The lowest BCUT2D eigenvalue weighted by molar-refractivity contribution is 0.173. The summed E-state index contributed by atoms with van der Waals surface area (Å²) in [5, 5.41) is 19.5. The number of thiophene rings is 1. The number of ether oxygens (including phenoxy) is 1. The number of amides is 2. The summed E-state index contributed by atoms with van der Waals surface area (Å²) in [7, 11) is 1.55. The van der Waals surface area contributed by atoms with Gasteiger partial charge in [0, 0.05) is 23.7 Å². The van der Waals surface area contributed by atoms with E-state index in [2.05, 4.69) is 10.6 Å². The molecule has 1 atom stereocenters. The quantitative estimate of drug-likeness (QED) is 0.757. The molecule has 1 heterocycles. The number of carbonyl (C=O) groups is 1. The minimum atomic E-state index is -0.706. The number of halogens is 1. The van der Waals surface area contributed by atoms with E-state index in [0.717, 1.165) is 11.1 Å². The SMILES string of the molecule is COc1cc(Cl)ccc1CNC(=O)NCC(O)c1ccsc1. The van der Waals surface area contributed by atoms with E-state index >= 15 is 0 Å². The molecule has 5 nitrogen and oxygen atoms in total. The van der Waals surface area contributed by atoms with Crippen LogP contribution in [0.1, 0.15) is 17.2 Å². The number of aliphatic hydroxyl groups is 1. The fourth-order valence-corrected chi connectivity index (χ4v) is 2.74. The number of methoxy groups -OCH3 is 1. The highest BCUT2D eigenvalue weighted by Crippen LogP contribution is 2.22. The smallest absolute Gasteiger partial charge is 0.315 e. The van der Waals surface area contributed by atoms with E-state index in [1.165, 1.54) is 11.3 Å². The van der Waals surface area contributed by atoms with Gasteiger partial charge in [0.05, 0.1) is 13.2 Å². The molecule has 0 aliphatic rings. The van der Waals surface area contributed by atoms with E-state index in [1.807, 2.05) is 16.8 Å². The average molecular weight is 341 g/mol. The van der Waals surface area contributed by atoms with E-state index in [0.29, 0.717) is 17.3 Å². The van der Waals surface area contributed by atoms with Gasteiger partial charge < -0.3 is 20.5 Å².